The SMILES string of the molecule is CCC=CCCCOCCCCCP. The number of hydrogen-bond acceptors (Lipinski definition) is 1. The molecule has 0 aliphatic heterocycles. The van der Waals surface area contributed by atoms with Crippen molar-refractivity contribution in [2.45, 2.75) is 45.4 Å². The monoisotopic (exact) mass is 216 g/mol. The summed E-state index contributed by atoms with van der Waals surface area (Å²) in [6, 6.07) is 0. The molecule has 0 radical (unpaired) electrons. The fourth-order valence-corrected chi connectivity index (χ4v) is 1.50. The molecule has 0 heterocycles. The van der Waals surface area contributed by atoms with E-state index in [0.29, 0.717) is 0 Å². The molecule has 1 atom stereocenters. The van der Waals surface area contributed by atoms with Gasteiger partial charge in [0, 0.05) is 13.2 Å². The summed E-state index contributed by atoms with van der Waals surface area (Å²) in [5.74, 6) is 0. The van der Waals surface area contributed by atoms with Gasteiger partial charge in [-0.15, -0.1) is 9.24 Å². The lowest BCUT2D eigenvalue weighted by Gasteiger charge is -2.02. The summed E-state index contributed by atoms with van der Waals surface area (Å²) in [6.45, 7) is 4.04. The lowest BCUT2D eigenvalue weighted by atomic mass is 10.2. The molecule has 0 N–H and O–H groups in total. The Labute approximate surface area is 91.5 Å². The summed E-state index contributed by atoms with van der Waals surface area (Å²) in [6.07, 6.45) is 13.0. The highest BCUT2D eigenvalue weighted by molar-refractivity contribution is 7.16. The maximum atomic E-state index is 5.52. The second kappa shape index (κ2) is 13.1. The largest absolute Gasteiger partial charge is 0.381 e. The van der Waals surface area contributed by atoms with E-state index in [1.807, 2.05) is 0 Å². The van der Waals surface area contributed by atoms with Crippen molar-refractivity contribution in [2.24, 2.45) is 0 Å². The Morgan fingerprint density at radius 1 is 1.00 bits per heavy atom. The summed E-state index contributed by atoms with van der Waals surface area (Å²) < 4.78 is 5.52. The summed E-state index contributed by atoms with van der Waals surface area (Å²) in [7, 11) is 2.76. The lowest BCUT2D eigenvalue weighted by molar-refractivity contribution is 0.128. The second-order valence-electron chi connectivity index (χ2n) is 3.48. The van der Waals surface area contributed by atoms with E-state index in [-0.39, 0.29) is 0 Å². The Kier molecular flexibility index (Phi) is 13.3. The van der Waals surface area contributed by atoms with Crippen LogP contribution >= 0.6 is 9.24 Å². The zero-order valence-corrected chi connectivity index (χ0v) is 10.7. The van der Waals surface area contributed by atoms with Gasteiger partial charge in [-0.3, -0.25) is 0 Å². The summed E-state index contributed by atoms with van der Waals surface area (Å²) in [4.78, 5) is 0. The van der Waals surface area contributed by atoms with Crippen LogP contribution < -0.4 is 0 Å². The molecule has 0 spiro atoms. The molecule has 0 aromatic carbocycles. The lowest BCUT2D eigenvalue weighted by Crippen LogP contribution is -1.96. The quantitative estimate of drug-likeness (QED) is 0.306. The van der Waals surface area contributed by atoms with E-state index >= 15 is 0 Å². The molecule has 0 amide bonds. The smallest absolute Gasteiger partial charge is 0.0468 e. The summed E-state index contributed by atoms with van der Waals surface area (Å²) in [5.41, 5.74) is 0. The molecule has 0 bridgehead atoms. The van der Waals surface area contributed by atoms with Crippen LogP contribution in [0.25, 0.3) is 0 Å². The van der Waals surface area contributed by atoms with Gasteiger partial charge in [0.05, 0.1) is 0 Å². The Bertz CT molecular complexity index is 123. The molecule has 0 saturated heterocycles. The van der Waals surface area contributed by atoms with E-state index in [2.05, 4.69) is 28.3 Å². The molecule has 1 unspecified atom stereocenters. The van der Waals surface area contributed by atoms with E-state index in [9.17, 15) is 0 Å². The van der Waals surface area contributed by atoms with Crippen LogP contribution in [0.5, 0.6) is 0 Å². The van der Waals surface area contributed by atoms with E-state index < -0.39 is 0 Å². The molecule has 0 aliphatic carbocycles. The molecule has 1 nitrogen and oxygen atoms in total. The minimum absolute atomic E-state index is 0.926. The van der Waals surface area contributed by atoms with Crippen molar-refractivity contribution in [1.82, 2.24) is 0 Å². The molecule has 0 rings (SSSR count). The topological polar surface area (TPSA) is 9.23 Å². The van der Waals surface area contributed by atoms with Gasteiger partial charge in [-0.1, -0.05) is 25.5 Å². The van der Waals surface area contributed by atoms with E-state index in [0.717, 1.165) is 19.6 Å². The van der Waals surface area contributed by atoms with E-state index in [4.69, 9.17) is 4.74 Å². The molecular weight excluding hydrogens is 191 g/mol. The minimum atomic E-state index is 0.926. The van der Waals surface area contributed by atoms with Gasteiger partial charge in [0.25, 0.3) is 0 Å². The highest BCUT2D eigenvalue weighted by Crippen LogP contribution is 2.00. The number of rotatable bonds is 10. The average molecular weight is 216 g/mol. The molecule has 0 aromatic heterocycles. The first kappa shape index (κ1) is 14.1. The summed E-state index contributed by atoms with van der Waals surface area (Å²) in [5, 5.41) is 0. The number of hydrogen-bond donors (Lipinski definition) is 0. The van der Waals surface area contributed by atoms with Gasteiger partial charge in [0.2, 0.25) is 0 Å². The van der Waals surface area contributed by atoms with Crippen LogP contribution in [0.1, 0.15) is 45.4 Å². The van der Waals surface area contributed by atoms with Gasteiger partial charge >= 0.3 is 0 Å². The first-order chi connectivity index (χ1) is 6.91. The Hall–Kier alpha value is 0.130. The number of ether oxygens (including phenoxy) is 1. The van der Waals surface area contributed by atoms with Crippen LogP contribution in [0.15, 0.2) is 12.2 Å². The fraction of sp³-hybridized carbons (Fsp3) is 0.833. The number of unbranched alkanes of at least 4 members (excludes halogenated alkanes) is 3. The first-order valence-corrected chi connectivity index (χ1v) is 6.66. The third-order valence-corrected chi connectivity index (χ3v) is 2.46. The van der Waals surface area contributed by atoms with Gasteiger partial charge in [0.15, 0.2) is 0 Å². The highest BCUT2D eigenvalue weighted by atomic mass is 31.0. The molecule has 84 valence electrons. The maximum absolute atomic E-state index is 5.52. The van der Waals surface area contributed by atoms with Crippen LogP contribution in [0, 0.1) is 0 Å². The van der Waals surface area contributed by atoms with Gasteiger partial charge in [-0.25, -0.2) is 0 Å². The van der Waals surface area contributed by atoms with Gasteiger partial charge < -0.3 is 4.74 Å². The predicted octanol–water partition coefficient (Wildman–Crippen LogP) is 3.79. The van der Waals surface area contributed by atoms with Crippen molar-refractivity contribution in [3.05, 3.63) is 12.2 Å². The van der Waals surface area contributed by atoms with Crippen molar-refractivity contribution < 1.29 is 4.74 Å². The van der Waals surface area contributed by atoms with Gasteiger partial charge in [0.1, 0.15) is 0 Å². The van der Waals surface area contributed by atoms with Crippen molar-refractivity contribution in [2.75, 3.05) is 19.4 Å². The van der Waals surface area contributed by atoms with Crippen LogP contribution in [0.2, 0.25) is 0 Å². The van der Waals surface area contributed by atoms with E-state index in [1.165, 1.54) is 38.3 Å². The molecular formula is C12H25OP. The maximum Gasteiger partial charge on any atom is 0.0468 e. The third kappa shape index (κ3) is 12.1. The van der Waals surface area contributed by atoms with Gasteiger partial charge in [-0.2, -0.15) is 0 Å². The predicted molar refractivity (Wildman–Crippen MR) is 67.9 cm³/mol. The second-order valence-corrected chi connectivity index (χ2v) is 4.06. The molecule has 0 fully saturated rings. The van der Waals surface area contributed by atoms with Crippen molar-refractivity contribution in [1.29, 1.82) is 0 Å². The van der Waals surface area contributed by atoms with E-state index in [1.54, 1.807) is 0 Å². The normalized spacial score (nSPS) is 11.3. The van der Waals surface area contributed by atoms with Crippen LogP contribution in [-0.4, -0.2) is 19.4 Å². The zero-order valence-electron chi connectivity index (χ0n) is 9.50. The highest BCUT2D eigenvalue weighted by Gasteiger charge is 1.89. The minimum Gasteiger partial charge on any atom is -0.381 e. The Morgan fingerprint density at radius 3 is 2.50 bits per heavy atom. The van der Waals surface area contributed by atoms with Crippen molar-refractivity contribution in [3.8, 4) is 0 Å². The van der Waals surface area contributed by atoms with Crippen molar-refractivity contribution in [3.63, 3.8) is 0 Å². The first-order valence-electron chi connectivity index (χ1n) is 5.84. The fourth-order valence-electron chi connectivity index (χ4n) is 1.22. The Balaban J connectivity index is 2.88. The molecule has 0 aliphatic rings. The van der Waals surface area contributed by atoms with Gasteiger partial charge in [-0.05, 0) is 38.3 Å². The Morgan fingerprint density at radius 2 is 1.79 bits per heavy atom. The zero-order chi connectivity index (χ0) is 10.5. The van der Waals surface area contributed by atoms with Crippen molar-refractivity contribution >= 4 is 9.24 Å². The molecule has 0 aromatic rings. The standard InChI is InChI=1S/C12H25OP/c1-2-3-4-5-7-10-13-11-8-6-9-12-14/h3-4H,2,5-12,14H2,1H3. The number of allylic oxidation sites excluding steroid dienone is 2. The molecule has 14 heavy (non-hydrogen) atoms. The van der Waals surface area contributed by atoms with Crippen LogP contribution in [-0.2, 0) is 4.74 Å². The van der Waals surface area contributed by atoms with Crippen LogP contribution in [0.4, 0.5) is 0 Å². The summed E-state index contributed by atoms with van der Waals surface area (Å²) >= 11 is 0. The van der Waals surface area contributed by atoms with Crippen LogP contribution in [0.3, 0.4) is 0 Å². The third-order valence-electron chi connectivity index (χ3n) is 2.05. The average Bonchev–Trinajstić information content (AvgIpc) is 2.21. The molecule has 0 saturated carbocycles. The molecule has 2 heteroatoms.